The monoisotopic (exact) mass is 373 g/mol. The third-order valence-corrected chi connectivity index (χ3v) is 4.99. The zero-order valence-corrected chi connectivity index (χ0v) is 17.2. The molecule has 0 fully saturated rings. The van der Waals surface area contributed by atoms with Crippen LogP contribution in [0, 0.1) is 5.41 Å². The first-order valence-electron chi connectivity index (χ1n) is 10.9. The molecule has 1 rings (SSSR count). The Morgan fingerprint density at radius 2 is 1.26 bits per heavy atom. The van der Waals surface area contributed by atoms with Gasteiger partial charge in [-0.1, -0.05) is 84.0 Å². The average Bonchev–Trinajstić information content (AvgIpc) is 2.66. The number of rotatable bonds is 16. The van der Waals surface area contributed by atoms with E-state index in [1.807, 2.05) is 0 Å². The van der Waals surface area contributed by atoms with E-state index in [4.69, 9.17) is 11.1 Å². The van der Waals surface area contributed by atoms with Gasteiger partial charge in [-0.2, -0.15) is 0 Å². The van der Waals surface area contributed by atoms with Crippen molar-refractivity contribution in [3.05, 3.63) is 29.8 Å². The second kappa shape index (κ2) is 15.2. The maximum Gasteiger partial charge on any atom is 0.224 e. The quantitative estimate of drug-likeness (QED) is 0.178. The zero-order chi connectivity index (χ0) is 19.7. The summed E-state index contributed by atoms with van der Waals surface area (Å²) in [7, 11) is 0. The Bertz CT molecular complexity index is 525. The maximum atomic E-state index is 12.0. The molecule has 0 heterocycles. The van der Waals surface area contributed by atoms with Crippen LogP contribution >= 0.6 is 0 Å². The number of amides is 1. The molecule has 0 spiro atoms. The lowest BCUT2D eigenvalue weighted by Crippen LogP contribution is -2.13. The molecule has 1 aromatic carbocycles. The molecule has 0 aromatic heterocycles. The molecule has 0 saturated heterocycles. The van der Waals surface area contributed by atoms with Gasteiger partial charge in [0.2, 0.25) is 5.91 Å². The van der Waals surface area contributed by atoms with Gasteiger partial charge in [0.1, 0.15) is 5.84 Å². The molecule has 0 bridgehead atoms. The summed E-state index contributed by atoms with van der Waals surface area (Å²) in [5, 5.41) is 10.3. The summed E-state index contributed by atoms with van der Waals surface area (Å²) >= 11 is 0. The highest BCUT2D eigenvalue weighted by molar-refractivity contribution is 5.96. The number of carbonyl (C=O) groups excluding carboxylic acids is 1. The van der Waals surface area contributed by atoms with Crippen molar-refractivity contribution >= 4 is 17.4 Å². The predicted molar refractivity (Wildman–Crippen MR) is 116 cm³/mol. The van der Waals surface area contributed by atoms with Gasteiger partial charge in [-0.25, -0.2) is 0 Å². The minimum Gasteiger partial charge on any atom is -0.384 e. The Morgan fingerprint density at radius 1 is 0.815 bits per heavy atom. The summed E-state index contributed by atoms with van der Waals surface area (Å²) in [6, 6.07) is 7.09. The predicted octanol–water partition coefficient (Wildman–Crippen LogP) is 6.39. The number of hydrogen-bond acceptors (Lipinski definition) is 2. The zero-order valence-electron chi connectivity index (χ0n) is 17.2. The second-order valence-electron chi connectivity index (χ2n) is 7.53. The molecule has 1 aromatic rings. The SMILES string of the molecule is CCCCCCCCCCCCCCCC(=O)Nc1ccc(C(=N)N)cc1. The second-order valence-corrected chi connectivity index (χ2v) is 7.53. The lowest BCUT2D eigenvalue weighted by molar-refractivity contribution is -0.116. The molecule has 0 atom stereocenters. The molecule has 0 radical (unpaired) electrons. The fourth-order valence-corrected chi connectivity index (χ4v) is 3.26. The minimum atomic E-state index is 0.0415. The summed E-state index contributed by atoms with van der Waals surface area (Å²) in [6.07, 6.45) is 17.6. The molecule has 0 aliphatic carbocycles. The smallest absolute Gasteiger partial charge is 0.224 e. The molecule has 1 amide bonds. The van der Waals surface area contributed by atoms with E-state index in [-0.39, 0.29) is 11.7 Å². The van der Waals surface area contributed by atoms with Gasteiger partial charge in [-0.3, -0.25) is 10.2 Å². The van der Waals surface area contributed by atoms with E-state index in [9.17, 15) is 4.79 Å². The molecule has 0 aliphatic rings. The van der Waals surface area contributed by atoms with E-state index in [1.165, 1.54) is 70.6 Å². The van der Waals surface area contributed by atoms with Gasteiger partial charge >= 0.3 is 0 Å². The van der Waals surface area contributed by atoms with Crippen molar-refractivity contribution in [1.82, 2.24) is 0 Å². The fraction of sp³-hybridized carbons (Fsp3) is 0.652. The van der Waals surface area contributed by atoms with Crippen LogP contribution in [0.2, 0.25) is 0 Å². The number of benzene rings is 1. The largest absolute Gasteiger partial charge is 0.384 e. The minimum absolute atomic E-state index is 0.0415. The van der Waals surface area contributed by atoms with Gasteiger partial charge in [0.05, 0.1) is 0 Å². The van der Waals surface area contributed by atoms with Gasteiger partial charge in [0.25, 0.3) is 0 Å². The molecular formula is C23H39N3O. The molecule has 0 unspecified atom stereocenters. The summed E-state index contributed by atoms with van der Waals surface area (Å²) in [5.74, 6) is 0.105. The summed E-state index contributed by atoms with van der Waals surface area (Å²) in [6.45, 7) is 2.27. The molecule has 4 nitrogen and oxygen atoms in total. The molecule has 0 saturated carbocycles. The van der Waals surface area contributed by atoms with E-state index in [0.29, 0.717) is 12.0 Å². The van der Waals surface area contributed by atoms with Crippen molar-refractivity contribution in [2.45, 2.75) is 96.8 Å². The molecular weight excluding hydrogens is 334 g/mol. The molecule has 27 heavy (non-hydrogen) atoms. The molecule has 152 valence electrons. The van der Waals surface area contributed by atoms with Crippen LogP contribution in [0.5, 0.6) is 0 Å². The van der Waals surface area contributed by atoms with Crippen LogP contribution in [0.3, 0.4) is 0 Å². The van der Waals surface area contributed by atoms with Crippen molar-refractivity contribution in [3.63, 3.8) is 0 Å². The first-order valence-corrected chi connectivity index (χ1v) is 10.9. The van der Waals surface area contributed by atoms with E-state index >= 15 is 0 Å². The summed E-state index contributed by atoms with van der Waals surface area (Å²) in [5.41, 5.74) is 6.86. The van der Waals surface area contributed by atoms with Gasteiger partial charge < -0.3 is 11.1 Å². The van der Waals surface area contributed by atoms with Crippen molar-refractivity contribution in [3.8, 4) is 0 Å². The van der Waals surface area contributed by atoms with Crippen LogP contribution in [0.1, 0.15) is 102 Å². The van der Waals surface area contributed by atoms with Gasteiger partial charge in [0.15, 0.2) is 0 Å². The van der Waals surface area contributed by atoms with Gasteiger partial charge in [-0.15, -0.1) is 0 Å². The van der Waals surface area contributed by atoms with Crippen molar-refractivity contribution < 1.29 is 4.79 Å². The number of amidine groups is 1. The fourth-order valence-electron chi connectivity index (χ4n) is 3.26. The van der Waals surface area contributed by atoms with Crippen LogP contribution in [-0.4, -0.2) is 11.7 Å². The Hall–Kier alpha value is -1.84. The average molecular weight is 374 g/mol. The number of nitrogen functional groups attached to an aromatic ring is 1. The molecule has 4 N–H and O–H groups in total. The summed E-state index contributed by atoms with van der Waals surface area (Å²) in [4.78, 5) is 12.0. The highest BCUT2D eigenvalue weighted by Gasteiger charge is 2.03. The first kappa shape index (κ1) is 23.2. The van der Waals surface area contributed by atoms with Crippen molar-refractivity contribution in [2.24, 2.45) is 5.73 Å². The van der Waals surface area contributed by atoms with Crippen LogP contribution in [0.4, 0.5) is 5.69 Å². The lowest BCUT2D eigenvalue weighted by Gasteiger charge is -2.06. The Kier molecular flexibility index (Phi) is 13.1. The Labute approximate surface area is 165 Å². The number of nitrogens with two attached hydrogens (primary N) is 1. The lowest BCUT2D eigenvalue weighted by atomic mass is 10.0. The van der Waals surface area contributed by atoms with Gasteiger partial charge in [-0.05, 0) is 30.7 Å². The highest BCUT2D eigenvalue weighted by atomic mass is 16.1. The van der Waals surface area contributed by atoms with E-state index in [2.05, 4.69) is 12.2 Å². The Balaban J connectivity index is 1.93. The highest BCUT2D eigenvalue weighted by Crippen LogP contribution is 2.14. The topological polar surface area (TPSA) is 79.0 Å². The van der Waals surface area contributed by atoms with Crippen molar-refractivity contribution in [1.29, 1.82) is 5.41 Å². The maximum absolute atomic E-state index is 12.0. The number of carbonyl (C=O) groups is 1. The normalized spacial score (nSPS) is 10.7. The third kappa shape index (κ3) is 12.2. The number of nitrogens with one attached hydrogen (secondary N) is 2. The van der Waals surface area contributed by atoms with E-state index < -0.39 is 0 Å². The molecule has 4 heteroatoms. The third-order valence-electron chi connectivity index (χ3n) is 4.99. The van der Waals surface area contributed by atoms with Crippen LogP contribution in [-0.2, 0) is 4.79 Å². The van der Waals surface area contributed by atoms with Crippen LogP contribution in [0.15, 0.2) is 24.3 Å². The van der Waals surface area contributed by atoms with Gasteiger partial charge in [0, 0.05) is 17.7 Å². The Morgan fingerprint density at radius 3 is 1.70 bits per heavy atom. The first-order chi connectivity index (χ1) is 13.1. The number of anilines is 1. The number of hydrogen-bond donors (Lipinski definition) is 3. The standard InChI is InChI=1S/C23H39N3O/c1-2-3-4-5-6-7-8-9-10-11-12-13-14-15-22(27)26-21-18-16-20(17-19-21)23(24)25/h16-19H,2-15H2,1H3,(H3,24,25)(H,26,27). The van der Waals surface area contributed by atoms with E-state index in [0.717, 1.165) is 18.5 Å². The molecule has 0 aliphatic heterocycles. The van der Waals surface area contributed by atoms with Crippen LogP contribution in [0.25, 0.3) is 0 Å². The van der Waals surface area contributed by atoms with Crippen molar-refractivity contribution in [2.75, 3.05) is 5.32 Å². The summed E-state index contributed by atoms with van der Waals surface area (Å²) < 4.78 is 0. The van der Waals surface area contributed by atoms with Crippen LogP contribution < -0.4 is 11.1 Å². The number of unbranched alkanes of at least 4 members (excludes halogenated alkanes) is 12. The van der Waals surface area contributed by atoms with E-state index in [1.54, 1.807) is 24.3 Å².